The highest BCUT2D eigenvalue weighted by Gasteiger charge is 2.43. The van der Waals surface area contributed by atoms with Gasteiger partial charge in [0, 0.05) is 65.9 Å². The highest BCUT2D eigenvalue weighted by atomic mass is 32.2. The summed E-state index contributed by atoms with van der Waals surface area (Å²) in [6.07, 6.45) is 0.452. The van der Waals surface area contributed by atoms with Gasteiger partial charge in [-0.05, 0) is 85.5 Å². The molecule has 2 aromatic heterocycles. The van der Waals surface area contributed by atoms with Crippen LogP contribution in [-0.2, 0) is 103 Å². The van der Waals surface area contributed by atoms with E-state index in [1.165, 1.54) is 76.2 Å². The van der Waals surface area contributed by atoms with E-state index in [2.05, 4.69) is 10.2 Å². The topological polar surface area (TPSA) is 290 Å². The van der Waals surface area contributed by atoms with Gasteiger partial charge in [0.05, 0.1) is 25.5 Å². The van der Waals surface area contributed by atoms with E-state index in [9.17, 15) is 45.6 Å². The Labute approximate surface area is 517 Å². The lowest BCUT2D eigenvalue weighted by Crippen LogP contribution is -2.55. The van der Waals surface area contributed by atoms with Crippen molar-refractivity contribution in [1.29, 1.82) is 0 Å². The first-order valence-corrected chi connectivity index (χ1v) is 33.2. The van der Waals surface area contributed by atoms with E-state index in [-0.39, 0.29) is 85.1 Å². The van der Waals surface area contributed by atoms with Crippen molar-refractivity contribution in [2.24, 2.45) is 23.7 Å². The van der Waals surface area contributed by atoms with Crippen molar-refractivity contribution < 1.29 is 74.1 Å². The van der Waals surface area contributed by atoms with E-state index in [0.29, 0.717) is 22.3 Å². The zero-order valence-corrected chi connectivity index (χ0v) is 55.1. The minimum atomic E-state index is -3.56. The molecule has 24 nitrogen and oxygen atoms in total. The summed E-state index contributed by atoms with van der Waals surface area (Å²) < 4.78 is 76.0. The predicted molar refractivity (Wildman–Crippen MR) is 324 cm³/mol. The Morgan fingerprint density at radius 3 is 0.977 bits per heavy atom. The first kappa shape index (κ1) is 71.3. The zero-order valence-electron chi connectivity index (χ0n) is 53.4. The van der Waals surface area contributed by atoms with Gasteiger partial charge in [0.15, 0.2) is 44.1 Å². The molecule has 0 bridgehead atoms. The number of likely N-dealkylation sites (N-methyl/N-ethyl adjacent to an activating group) is 4. The molecule has 88 heavy (non-hydrogen) atoms. The van der Waals surface area contributed by atoms with Gasteiger partial charge in [0.25, 0.3) is 23.6 Å². The van der Waals surface area contributed by atoms with Gasteiger partial charge in [0.2, 0.25) is 0 Å². The Kier molecular flexibility index (Phi) is 24.8. The van der Waals surface area contributed by atoms with Crippen molar-refractivity contribution in [3.63, 3.8) is 0 Å². The third-order valence-electron chi connectivity index (χ3n) is 15.1. The van der Waals surface area contributed by atoms with Gasteiger partial charge >= 0.3 is 23.9 Å². The van der Waals surface area contributed by atoms with E-state index in [1.54, 1.807) is 104 Å². The molecule has 0 radical (unpaired) electrons. The summed E-state index contributed by atoms with van der Waals surface area (Å²) in [6.45, 7) is 17.3. The van der Waals surface area contributed by atoms with Crippen LogP contribution in [0.15, 0.2) is 83.1 Å². The molecule has 0 unspecified atom stereocenters. The standard InChI is InChI=1S/C62H88N8O16S2/c1-37(2)23-49-59(75)83-41(9)55(71)65(11)52(26-40(7)8)62(78)86-54(30-44-20-18-22-46(28-44)34-70-36-48(32-64-70)88(16,81)82)58(74)68(14)50(24-38(3)4)60(76)84-42(10)56(72)66(12)51(25-39(5)6)61(77)85-53(57(73)67(49)13)29-43-19-17-21-45(27-43)33-69-35-47(31-63-69)87(15,79)80/h17-22,27-28,31-32,35-42,49-54H,23-26,29-30,33-34H2,1-16H3/t41-,42-,49+,50+,51+,52+,53-,54-/m1/s1. The number of amides is 4. The Hall–Kier alpha value is -7.48. The van der Waals surface area contributed by atoms with Crippen molar-refractivity contribution in [3.05, 3.63) is 95.6 Å². The minimum absolute atomic E-state index is 0.0115. The number of esters is 4. The van der Waals surface area contributed by atoms with Gasteiger partial charge in [0.1, 0.15) is 34.0 Å². The maximum Gasteiger partial charge on any atom is 0.329 e. The number of aromatic nitrogens is 4. The molecule has 4 amide bonds. The summed E-state index contributed by atoms with van der Waals surface area (Å²) in [4.78, 5) is 123. The number of sulfone groups is 2. The maximum absolute atomic E-state index is 15.1. The van der Waals surface area contributed by atoms with Gasteiger partial charge in [-0.1, -0.05) is 104 Å². The summed E-state index contributed by atoms with van der Waals surface area (Å²) >= 11 is 0. The van der Waals surface area contributed by atoms with Crippen LogP contribution in [-0.4, -0.2) is 193 Å². The van der Waals surface area contributed by atoms with Crippen LogP contribution in [0.3, 0.4) is 0 Å². The number of nitrogens with zero attached hydrogens (tertiary/aromatic N) is 8. The third kappa shape index (κ3) is 19.8. The minimum Gasteiger partial charge on any atom is -0.451 e. The Morgan fingerprint density at radius 1 is 0.432 bits per heavy atom. The molecule has 4 aromatic rings. The van der Waals surface area contributed by atoms with Crippen molar-refractivity contribution in [1.82, 2.24) is 39.2 Å². The van der Waals surface area contributed by atoms with E-state index in [4.69, 9.17) is 18.9 Å². The second kappa shape index (κ2) is 30.6. The number of ether oxygens (including phenoxy) is 4. The van der Waals surface area contributed by atoms with E-state index >= 15 is 9.59 Å². The summed E-state index contributed by atoms with van der Waals surface area (Å²) in [5.41, 5.74) is 2.26. The van der Waals surface area contributed by atoms with E-state index in [1.807, 2.05) is 0 Å². The lowest BCUT2D eigenvalue weighted by Gasteiger charge is -2.35. The maximum atomic E-state index is 15.1. The molecule has 1 aliphatic heterocycles. The van der Waals surface area contributed by atoms with Crippen molar-refractivity contribution in [2.45, 2.75) is 179 Å². The molecule has 0 spiro atoms. The largest absolute Gasteiger partial charge is 0.451 e. The lowest BCUT2D eigenvalue weighted by atomic mass is 9.99. The second-order valence-corrected chi connectivity index (χ2v) is 28.8. The molecule has 3 heterocycles. The summed E-state index contributed by atoms with van der Waals surface area (Å²) in [5.74, 6) is -8.32. The van der Waals surface area contributed by atoms with Crippen LogP contribution in [0.25, 0.3) is 0 Å². The number of hydrogen-bond donors (Lipinski definition) is 0. The molecule has 26 heteroatoms. The zero-order chi connectivity index (χ0) is 65.9. The first-order valence-electron chi connectivity index (χ1n) is 29.4. The van der Waals surface area contributed by atoms with Crippen molar-refractivity contribution in [3.8, 4) is 0 Å². The molecule has 0 aliphatic carbocycles. The average Bonchev–Trinajstić information content (AvgIpc) is 4.27. The molecular weight excluding hydrogens is 1180 g/mol. The predicted octanol–water partition coefficient (Wildman–Crippen LogP) is 4.96. The van der Waals surface area contributed by atoms with Gasteiger partial charge < -0.3 is 38.5 Å². The van der Waals surface area contributed by atoms with Crippen molar-refractivity contribution in [2.75, 3.05) is 40.7 Å². The number of rotatable bonds is 18. The summed E-state index contributed by atoms with van der Waals surface area (Å²) in [5, 5.41) is 8.38. The third-order valence-corrected chi connectivity index (χ3v) is 17.2. The van der Waals surface area contributed by atoms with Crippen LogP contribution >= 0.6 is 0 Å². The fraction of sp³-hybridized carbons (Fsp3) is 0.581. The Balaban J connectivity index is 1.61. The highest BCUT2D eigenvalue weighted by molar-refractivity contribution is 7.91. The van der Waals surface area contributed by atoms with Crippen LogP contribution < -0.4 is 0 Å². The highest BCUT2D eigenvalue weighted by Crippen LogP contribution is 2.25. The molecule has 8 atom stereocenters. The lowest BCUT2D eigenvalue weighted by molar-refractivity contribution is -0.176. The Bertz CT molecular complexity index is 3140. The monoisotopic (exact) mass is 1260 g/mol. The SMILES string of the molecule is CC(C)C[C@H]1C(=O)O[C@H](Cc2cccc(Cn3cc(S(C)(=O)=O)cn3)c2)C(=O)N(C)[C@@H](CC(C)C)C(=O)O[C@H](C)C(=O)N(C)[C@@H](CC(C)C)C(=O)O[C@H](Cc2cccc(Cn3cc(S(C)(=O)=O)cn3)c2)C(=O)N(C)[C@@H](CC(C)C)C(=O)O[C@H](C)C(=O)N1C. The molecule has 5 rings (SSSR count). The smallest absolute Gasteiger partial charge is 0.329 e. The number of cyclic esters (lactones) is 4. The quantitative estimate of drug-likeness (QED) is 0.0939. The van der Waals surface area contributed by atoms with Crippen LogP contribution in [0.4, 0.5) is 0 Å². The van der Waals surface area contributed by atoms with Crippen LogP contribution in [0.2, 0.25) is 0 Å². The summed E-state index contributed by atoms with van der Waals surface area (Å²) in [6, 6.07) is 8.25. The molecular formula is C62H88N8O16S2. The molecule has 484 valence electrons. The first-order chi connectivity index (χ1) is 40.9. The van der Waals surface area contributed by atoms with Gasteiger partial charge in [-0.15, -0.1) is 0 Å². The van der Waals surface area contributed by atoms with Crippen molar-refractivity contribution >= 4 is 67.2 Å². The normalized spacial score (nSPS) is 22.6. The Morgan fingerprint density at radius 2 is 0.705 bits per heavy atom. The second-order valence-electron chi connectivity index (χ2n) is 24.7. The average molecular weight is 1270 g/mol. The number of carbonyl (C=O) groups is 8. The fourth-order valence-electron chi connectivity index (χ4n) is 10.2. The van der Waals surface area contributed by atoms with Crippen LogP contribution in [0.1, 0.15) is 117 Å². The van der Waals surface area contributed by atoms with Gasteiger partial charge in [-0.3, -0.25) is 28.5 Å². The molecule has 0 N–H and O–H groups in total. The van der Waals surface area contributed by atoms with Gasteiger partial charge in [-0.2, -0.15) is 10.2 Å². The van der Waals surface area contributed by atoms with Crippen LogP contribution in [0, 0.1) is 23.7 Å². The van der Waals surface area contributed by atoms with Crippen LogP contribution in [0.5, 0.6) is 0 Å². The van der Waals surface area contributed by atoms with E-state index in [0.717, 1.165) is 32.1 Å². The molecule has 1 saturated heterocycles. The molecule has 0 saturated carbocycles. The summed E-state index contributed by atoms with van der Waals surface area (Å²) in [7, 11) is -1.76. The molecule has 2 aromatic carbocycles. The molecule has 1 aliphatic rings. The fourth-order valence-corrected chi connectivity index (χ4v) is 11.3. The molecule has 1 fully saturated rings. The number of carbonyl (C=O) groups excluding carboxylic acids is 8. The number of benzene rings is 2. The van der Waals surface area contributed by atoms with E-state index < -0.39 is 116 Å². The van der Waals surface area contributed by atoms with Gasteiger partial charge in [-0.25, -0.2) is 36.0 Å². The number of hydrogen-bond acceptors (Lipinski definition) is 18.